The summed E-state index contributed by atoms with van der Waals surface area (Å²) in [6.07, 6.45) is 3.91. The average molecular weight is 541 g/mol. The van der Waals surface area contributed by atoms with Crippen LogP contribution in [-0.2, 0) is 16.1 Å². The van der Waals surface area contributed by atoms with Crippen molar-refractivity contribution < 1.29 is 14.3 Å². The molecule has 7 nitrogen and oxygen atoms in total. The number of anilines is 2. The number of aromatic nitrogens is 2. The van der Waals surface area contributed by atoms with Gasteiger partial charge in [-0.3, -0.25) is 9.69 Å². The Morgan fingerprint density at radius 1 is 0.875 bits per heavy atom. The lowest BCUT2D eigenvalue weighted by atomic mass is 9.91. The van der Waals surface area contributed by atoms with E-state index >= 15 is 0 Å². The third kappa shape index (κ3) is 7.44. The van der Waals surface area contributed by atoms with Crippen molar-refractivity contribution in [2.45, 2.75) is 47.6 Å². The summed E-state index contributed by atoms with van der Waals surface area (Å²) in [4.78, 5) is 38.5. The van der Waals surface area contributed by atoms with Gasteiger partial charge in [0.1, 0.15) is 11.6 Å². The topological polar surface area (TPSA) is 75.6 Å². The Morgan fingerprint density at radius 2 is 1.55 bits per heavy atom. The van der Waals surface area contributed by atoms with Gasteiger partial charge in [0.25, 0.3) is 0 Å². The summed E-state index contributed by atoms with van der Waals surface area (Å²) in [7, 11) is 5.29. The van der Waals surface area contributed by atoms with Crippen LogP contribution in [0.2, 0.25) is 0 Å². The van der Waals surface area contributed by atoms with Crippen LogP contribution < -0.4 is 9.80 Å². The Balaban J connectivity index is 0.00000216. The van der Waals surface area contributed by atoms with E-state index < -0.39 is 5.97 Å². The predicted octanol–water partition coefficient (Wildman–Crippen LogP) is 7.15. The second kappa shape index (κ2) is 13.2. The van der Waals surface area contributed by atoms with Crippen LogP contribution in [0.1, 0.15) is 57.0 Å². The highest BCUT2D eigenvalue weighted by Crippen LogP contribution is 2.30. The maximum Gasteiger partial charge on any atom is 0.337 e. The molecule has 210 valence electrons. The SMILES string of the molecule is CC.COC(=O)c1ccc2c(N(Cc3ccc(-c4ccc(N(C)C)nc4)cc3)C(=O)CC(C)(C)C)nccc2c1. The minimum absolute atomic E-state index is 0.0119. The number of fused-ring (bicyclic) bond motifs is 1. The molecule has 0 bridgehead atoms. The molecule has 2 heterocycles. The Kier molecular flexibility index (Phi) is 9.99. The Morgan fingerprint density at radius 3 is 2.12 bits per heavy atom. The average Bonchev–Trinajstić information content (AvgIpc) is 2.95. The molecular weight excluding hydrogens is 500 g/mol. The molecule has 0 saturated carbocycles. The molecule has 4 rings (SSSR count). The lowest BCUT2D eigenvalue weighted by Gasteiger charge is -2.27. The van der Waals surface area contributed by atoms with Crippen LogP contribution in [-0.4, -0.2) is 43.0 Å². The first-order valence-electron chi connectivity index (χ1n) is 13.6. The van der Waals surface area contributed by atoms with Crippen molar-refractivity contribution in [2.75, 3.05) is 31.0 Å². The van der Waals surface area contributed by atoms with Crippen LogP contribution in [0.3, 0.4) is 0 Å². The second-order valence-electron chi connectivity index (χ2n) is 10.8. The molecule has 0 radical (unpaired) electrons. The summed E-state index contributed by atoms with van der Waals surface area (Å²) in [6.45, 7) is 10.5. The normalized spacial score (nSPS) is 10.9. The number of nitrogens with zero attached hydrogens (tertiary/aromatic N) is 4. The number of benzene rings is 2. The number of rotatable bonds is 7. The number of amides is 1. The van der Waals surface area contributed by atoms with E-state index in [1.54, 1.807) is 23.2 Å². The zero-order chi connectivity index (χ0) is 29.4. The molecule has 4 aromatic rings. The predicted molar refractivity (Wildman–Crippen MR) is 164 cm³/mol. The first-order valence-corrected chi connectivity index (χ1v) is 13.6. The van der Waals surface area contributed by atoms with Crippen molar-refractivity contribution in [2.24, 2.45) is 5.41 Å². The zero-order valence-corrected chi connectivity index (χ0v) is 24.9. The Hall–Kier alpha value is -4.26. The van der Waals surface area contributed by atoms with Crippen molar-refractivity contribution in [3.63, 3.8) is 0 Å². The lowest BCUT2D eigenvalue weighted by molar-refractivity contribution is -0.120. The lowest BCUT2D eigenvalue weighted by Crippen LogP contribution is -2.34. The van der Waals surface area contributed by atoms with Crippen molar-refractivity contribution in [1.29, 1.82) is 0 Å². The number of esters is 1. The zero-order valence-electron chi connectivity index (χ0n) is 24.9. The van der Waals surface area contributed by atoms with Crippen LogP contribution >= 0.6 is 0 Å². The largest absolute Gasteiger partial charge is 0.465 e. The number of methoxy groups -OCH3 is 1. The van der Waals surface area contributed by atoms with E-state index in [2.05, 4.69) is 16.0 Å². The van der Waals surface area contributed by atoms with Crippen molar-refractivity contribution in [3.8, 4) is 11.1 Å². The van der Waals surface area contributed by atoms with Crippen LogP contribution in [0.4, 0.5) is 11.6 Å². The third-order valence-electron chi connectivity index (χ3n) is 6.24. The summed E-state index contributed by atoms with van der Waals surface area (Å²) >= 11 is 0. The molecule has 40 heavy (non-hydrogen) atoms. The molecule has 0 N–H and O–H groups in total. The van der Waals surface area contributed by atoms with Gasteiger partial charge in [-0.2, -0.15) is 0 Å². The highest BCUT2D eigenvalue weighted by atomic mass is 16.5. The maximum absolute atomic E-state index is 13.6. The van der Waals surface area contributed by atoms with E-state index in [9.17, 15) is 9.59 Å². The molecule has 0 aliphatic carbocycles. The quantitative estimate of drug-likeness (QED) is 0.232. The molecule has 0 spiro atoms. The fourth-order valence-electron chi connectivity index (χ4n) is 4.26. The molecular formula is C33H40N4O3. The van der Waals surface area contributed by atoms with Gasteiger partial charge in [0.15, 0.2) is 0 Å². The number of ether oxygens (including phenoxy) is 1. The summed E-state index contributed by atoms with van der Waals surface area (Å²) in [5, 5.41) is 1.61. The highest BCUT2D eigenvalue weighted by molar-refractivity contribution is 6.04. The van der Waals surface area contributed by atoms with Gasteiger partial charge in [0.2, 0.25) is 5.91 Å². The number of pyridine rings is 2. The van der Waals surface area contributed by atoms with Gasteiger partial charge in [0.05, 0.1) is 19.2 Å². The molecule has 2 aromatic carbocycles. The summed E-state index contributed by atoms with van der Waals surface area (Å²) in [5.41, 5.74) is 3.33. The summed E-state index contributed by atoms with van der Waals surface area (Å²) < 4.78 is 4.87. The van der Waals surface area contributed by atoms with E-state index in [-0.39, 0.29) is 11.3 Å². The molecule has 0 aliphatic rings. The maximum atomic E-state index is 13.6. The number of carbonyl (C=O) groups is 2. The molecule has 7 heteroatoms. The third-order valence-corrected chi connectivity index (χ3v) is 6.24. The van der Waals surface area contributed by atoms with Gasteiger partial charge in [-0.25, -0.2) is 14.8 Å². The van der Waals surface area contributed by atoms with Gasteiger partial charge in [-0.05, 0) is 58.3 Å². The first kappa shape index (κ1) is 30.3. The van der Waals surface area contributed by atoms with Crippen molar-refractivity contribution in [3.05, 3.63) is 84.2 Å². The molecule has 0 saturated heterocycles. The van der Waals surface area contributed by atoms with E-state index in [1.165, 1.54) is 7.11 Å². The van der Waals surface area contributed by atoms with Crippen LogP contribution in [0.5, 0.6) is 0 Å². The molecule has 0 atom stereocenters. The van der Waals surface area contributed by atoms with E-state index in [0.717, 1.165) is 33.3 Å². The Labute approximate surface area is 237 Å². The van der Waals surface area contributed by atoms with Crippen molar-refractivity contribution >= 4 is 34.3 Å². The molecule has 0 unspecified atom stereocenters. The van der Waals surface area contributed by atoms with Gasteiger partial charge in [-0.15, -0.1) is 0 Å². The standard InChI is InChI=1S/C31H34N4O3.C2H6/c1-31(2,3)18-28(36)35(29-26-13-11-24(30(37)38-6)17-23(26)15-16-32-29)20-21-7-9-22(10-8-21)25-12-14-27(33-19-25)34(4)5;1-2/h7-17,19H,18,20H2,1-6H3;1-2H3. The molecule has 2 aromatic heterocycles. The molecule has 1 amide bonds. The number of carbonyl (C=O) groups excluding carboxylic acids is 2. The van der Waals surface area contributed by atoms with Crippen LogP contribution in [0.25, 0.3) is 21.9 Å². The monoisotopic (exact) mass is 540 g/mol. The summed E-state index contributed by atoms with van der Waals surface area (Å²) in [6, 6.07) is 19.4. The van der Waals surface area contributed by atoms with Crippen LogP contribution in [0.15, 0.2) is 73.1 Å². The van der Waals surface area contributed by atoms with Gasteiger partial charge >= 0.3 is 5.97 Å². The van der Waals surface area contributed by atoms with E-state index in [4.69, 9.17) is 4.74 Å². The van der Waals surface area contributed by atoms with Gasteiger partial charge in [0, 0.05) is 43.9 Å². The number of hydrogen-bond acceptors (Lipinski definition) is 6. The van der Waals surface area contributed by atoms with Gasteiger partial charge < -0.3 is 9.64 Å². The molecule has 0 fully saturated rings. The fourth-order valence-corrected chi connectivity index (χ4v) is 4.26. The van der Waals surface area contributed by atoms with E-state index in [1.807, 2.05) is 102 Å². The van der Waals surface area contributed by atoms with Crippen molar-refractivity contribution in [1.82, 2.24) is 9.97 Å². The minimum atomic E-state index is -0.405. The van der Waals surface area contributed by atoms with Gasteiger partial charge in [-0.1, -0.05) is 58.9 Å². The fraction of sp³-hybridized carbons (Fsp3) is 0.333. The Bertz CT molecular complexity index is 1440. The minimum Gasteiger partial charge on any atom is -0.465 e. The smallest absolute Gasteiger partial charge is 0.337 e. The highest BCUT2D eigenvalue weighted by Gasteiger charge is 2.25. The van der Waals surface area contributed by atoms with E-state index in [0.29, 0.717) is 24.3 Å². The van der Waals surface area contributed by atoms with Crippen LogP contribution in [0, 0.1) is 5.41 Å². The number of hydrogen-bond donors (Lipinski definition) is 0. The molecule has 0 aliphatic heterocycles. The first-order chi connectivity index (χ1) is 19.1. The summed E-state index contributed by atoms with van der Waals surface area (Å²) in [5.74, 6) is 1.06. The second-order valence-corrected chi connectivity index (χ2v) is 10.8.